The van der Waals surface area contributed by atoms with Crippen LogP contribution in [0.1, 0.15) is 11.3 Å². The fourth-order valence-corrected chi connectivity index (χ4v) is 2.87. The largest absolute Gasteiger partial charge is 0.383 e. The average Bonchev–Trinajstić information content (AvgIpc) is 2.89. The first-order valence-corrected chi connectivity index (χ1v) is 7.62. The molecule has 2 aromatic rings. The van der Waals surface area contributed by atoms with E-state index < -0.39 is 0 Å². The smallest absolute Gasteiger partial charge is 0.136 e. The molecule has 0 atom stereocenters. The number of hydrogen-bond acceptors (Lipinski definition) is 4. The number of imidazole rings is 1. The first kappa shape index (κ1) is 14.5. The normalized spacial score (nSPS) is 17.6. The molecule has 0 bridgehead atoms. The Kier molecular flexibility index (Phi) is 4.53. The van der Waals surface area contributed by atoms with Crippen molar-refractivity contribution < 1.29 is 4.74 Å². The third kappa shape index (κ3) is 3.43. The van der Waals surface area contributed by atoms with Gasteiger partial charge in [0, 0.05) is 52.6 Å². The van der Waals surface area contributed by atoms with Crippen LogP contribution in [0.3, 0.4) is 0 Å². The second kappa shape index (κ2) is 6.56. The van der Waals surface area contributed by atoms with Crippen molar-refractivity contribution in [2.45, 2.75) is 13.5 Å². The van der Waals surface area contributed by atoms with Gasteiger partial charge in [0.2, 0.25) is 0 Å². The van der Waals surface area contributed by atoms with Gasteiger partial charge in [-0.2, -0.15) is 0 Å². The van der Waals surface area contributed by atoms with E-state index in [1.54, 1.807) is 7.11 Å². The van der Waals surface area contributed by atoms with Crippen LogP contribution in [0.4, 0.5) is 0 Å². The molecular formula is C16H24N4O. The van der Waals surface area contributed by atoms with Gasteiger partial charge in [0.05, 0.1) is 18.5 Å². The third-order valence-electron chi connectivity index (χ3n) is 4.19. The maximum absolute atomic E-state index is 5.15. The van der Waals surface area contributed by atoms with E-state index in [2.05, 4.69) is 44.4 Å². The molecule has 0 amide bonds. The van der Waals surface area contributed by atoms with Gasteiger partial charge >= 0.3 is 0 Å². The Bertz CT molecular complexity index is 587. The van der Waals surface area contributed by atoms with Crippen LogP contribution in [0, 0.1) is 6.92 Å². The SMILES string of the molecule is COCCN1CCN(Cc2cnc3ccc(C)cn23)CC1. The molecule has 1 saturated heterocycles. The molecule has 2 aromatic heterocycles. The molecule has 0 radical (unpaired) electrons. The van der Waals surface area contributed by atoms with Crippen LogP contribution in [-0.4, -0.2) is 65.6 Å². The second-order valence-electron chi connectivity index (χ2n) is 5.79. The van der Waals surface area contributed by atoms with Gasteiger partial charge in [-0.05, 0) is 18.6 Å². The van der Waals surface area contributed by atoms with Crippen LogP contribution in [0.5, 0.6) is 0 Å². The van der Waals surface area contributed by atoms with Crippen molar-refractivity contribution in [2.24, 2.45) is 0 Å². The number of fused-ring (bicyclic) bond motifs is 1. The highest BCUT2D eigenvalue weighted by Crippen LogP contribution is 2.12. The van der Waals surface area contributed by atoms with Crippen LogP contribution < -0.4 is 0 Å². The fraction of sp³-hybridized carbons (Fsp3) is 0.562. The molecule has 0 aliphatic carbocycles. The van der Waals surface area contributed by atoms with E-state index in [1.807, 2.05) is 6.20 Å². The molecule has 0 unspecified atom stereocenters. The highest BCUT2D eigenvalue weighted by Gasteiger charge is 2.17. The molecule has 1 aliphatic rings. The summed E-state index contributed by atoms with van der Waals surface area (Å²) in [5.74, 6) is 0. The van der Waals surface area contributed by atoms with Gasteiger partial charge in [0.1, 0.15) is 5.65 Å². The highest BCUT2D eigenvalue weighted by atomic mass is 16.5. The van der Waals surface area contributed by atoms with E-state index in [4.69, 9.17) is 4.74 Å². The van der Waals surface area contributed by atoms with Crippen LogP contribution in [0.25, 0.3) is 5.65 Å². The van der Waals surface area contributed by atoms with E-state index in [-0.39, 0.29) is 0 Å². The predicted octanol–water partition coefficient (Wildman–Crippen LogP) is 1.41. The Morgan fingerprint density at radius 1 is 1.14 bits per heavy atom. The number of hydrogen-bond donors (Lipinski definition) is 0. The molecule has 3 heterocycles. The number of piperazine rings is 1. The van der Waals surface area contributed by atoms with Crippen molar-refractivity contribution in [2.75, 3.05) is 46.4 Å². The lowest BCUT2D eigenvalue weighted by Gasteiger charge is -2.34. The summed E-state index contributed by atoms with van der Waals surface area (Å²) in [6.07, 6.45) is 4.18. The van der Waals surface area contributed by atoms with Gasteiger partial charge in [0.25, 0.3) is 0 Å². The number of pyridine rings is 1. The molecule has 5 nitrogen and oxygen atoms in total. The number of nitrogens with zero attached hydrogens (tertiary/aromatic N) is 4. The van der Waals surface area contributed by atoms with Gasteiger partial charge in [0.15, 0.2) is 0 Å². The summed E-state index contributed by atoms with van der Waals surface area (Å²) in [5.41, 5.74) is 3.58. The number of aromatic nitrogens is 2. The van der Waals surface area contributed by atoms with Crippen molar-refractivity contribution in [1.29, 1.82) is 0 Å². The number of ether oxygens (including phenoxy) is 1. The van der Waals surface area contributed by atoms with Crippen molar-refractivity contribution in [3.63, 3.8) is 0 Å². The summed E-state index contributed by atoms with van der Waals surface area (Å²) in [5, 5.41) is 0. The van der Waals surface area contributed by atoms with Crippen molar-refractivity contribution in [1.82, 2.24) is 19.2 Å². The van der Waals surface area contributed by atoms with Crippen molar-refractivity contribution in [3.8, 4) is 0 Å². The standard InChI is InChI=1S/C16H24N4O/c1-14-3-4-16-17-11-15(20(16)12-14)13-19-7-5-18(6-8-19)9-10-21-2/h3-4,11-12H,5-10,13H2,1-2H3. The third-order valence-corrected chi connectivity index (χ3v) is 4.19. The quantitative estimate of drug-likeness (QED) is 0.833. The van der Waals surface area contributed by atoms with Crippen LogP contribution >= 0.6 is 0 Å². The van der Waals surface area contributed by atoms with Crippen molar-refractivity contribution >= 4 is 5.65 Å². The number of aryl methyl sites for hydroxylation is 1. The van der Waals surface area contributed by atoms with Gasteiger partial charge in [-0.25, -0.2) is 4.98 Å². The zero-order valence-electron chi connectivity index (χ0n) is 13.0. The molecule has 0 N–H and O–H groups in total. The minimum Gasteiger partial charge on any atom is -0.383 e. The zero-order chi connectivity index (χ0) is 14.7. The Balaban J connectivity index is 1.60. The predicted molar refractivity (Wildman–Crippen MR) is 83.5 cm³/mol. The topological polar surface area (TPSA) is 33.0 Å². The minimum atomic E-state index is 0.826. The van der Waals surface area contributed by atoms with Crippen LogP contribution in [0.15, 0.2) is 24.5 Å². The van der Waals surface area contributed by atoms with E-state index in [1.165, 1.54) is 11.3 Å². The Morgan fingerprint density at radius 2 is 1.90 bits per heavy atom. The lowest BCUT2D eigenvalue weighted by Crippen LogP contribution is -2.46. The Hall–Kier alpha value is -1.43. The maximum atomic E-state index is 5.15. The molecular weight excluding hydrogens is 264 g/mol. The lowest BCUT2D eigenvalue weighted by molar-refractivity contribution is 0.0931. The molecule has 0 saturated carbocycles. The number of rotatable bonds is 5. The lowest BCUT2D eigenvalue weighted by atomic mass is 10.3. The first-order chi connectivity index (χ1) is 10.3. The fourth-order valence-electron chi connectivity index (χ4n) is 2.87. The molecule has 5 heteroatoms. The summed E-state index contributed by atoms with van der Waals surface area (Å²) < 4.78 is 7.36. The second-order valence-corrected chi connectivity index (χ2v) is 5.79. The van der Waals surface area contributed by atoms with E-state index in [0.717, 1.165) is 51.5 Å². The molecule has 1 fully saturated rings. The average molecular weight is 288 g/mol. The maximum Gasteiger partial charge on any atom is 0.136 e. The van der Waals surface area contributed by atoms with E-state index in [9.17, 15) is 0 Å². The van der Waals surface area contributed by atoms with E-state index >= 15 is 0 Å². The molecule has 3 rings (SSSR count). The van der Waals surface area contributed by atoms with Gasteiger partial charge < -0.3 is 9.14 Å². The Morgan fingerprint density at radius 3 is 2.67 bits per heavy atom. The zero-order valence-corrected chi connectivity index (χ0v) is 13.0. The first-order valence-electron chi connectivity index (χ1n) is 7.62. The van der Waals surface area contributed by atoms with Gasteiger partial charge in [-0.1, -0.05) is 6.07 Å². The summed E-state index contributed by atoms with van der Waals surface area (Å²) in [6.45, 7) is 9.44. The monoisotopic (exact) mass is 288 g/mol. The highest BCUT2D eigenvalue weighted by molar-refractivity contribution is 5.41. The van der Waals surface area contributed by atoms with Gasteiger partial charge in [-0.15, -0.1) is 0 Å². The molecule has 0 spiro atoms. The van der Waals surface area contributed by atoms with E-state index in [0.29, 0.717) is 0 Å². The summed E-state index contributed by atoms with van der Waals surface area (Å²) in [7, 11) is 1.77. The Labute approximate surface area is 126 Å². The molecule has 1 aliphatic heterocycles. The van der Waals surface area contributed by atoms with Crippen LogP contribution in [0.2, 0.25) is 0 Å². The minimum absolute atomic E-state index is 0.826. The summed E-state index contributed by atoms with van der Waals surface area (Å²) in [6, 6.07) is 4.20. The molecule has 0 aromatic carbocycles. The molecule has 114 valence electrons. The van der Waals surface area contributed by atoms with Gasteiger partial charge in [-0.3, -0.25) is 9.80 Å². The number of methoxy groups -OCH3 is 1. The van der Waals surface area contributed by atoms with Crippen molar-refractivity contribution in [3.05, 3.63) is 35.8 Å². The summed E-state index contributed by atoms with van der Waals surface area (Å²) in [4.78, 5) is 9.47. The summed E-state index contributed by atoms with van der Waals surface area (Å²) >= 11 is 0. The van der Waals surface area contributed by atoms with Crippen LogP contribution in [-0.2, 0) is 11.3 Å². The molecule has 21 heavy (non-hydrogen) atoms.